The van der Waals surface area contributed by atoms with Crippen LogP contribution < -0.4 is 10.2 Å². The van der Waals surface area contributed by atoms with Crippen molar-refractivity contribution in [2.45, 2.75) is 25.8 Å². The third-order valence-corrected chi connectivity index (χ3v) is 3.54. The zero-order chi connectivity index (χ0) is 13.0. The highest BCUT2D eigenvalue weighted by Crippen LogP contribution is 2.36. The first-order valence-electron chi connectivity index (χ1n) is 6.51. The van der Waals surface area contributed by atoms with Crippen molar-refractivity contribution in [3.8, 4) is 0 Å². The van der Waals surface area contributed by atoms with E-state index < -0.39 is 0 Å². The van der Waals surface area contributed by atoms with E-state index in [1.165, 1.54) is 12.8 Å². The number of hydrogen-bond donors (Lipinski definition) is 1. The van der Waals surface area contributed by atoms with Gasteiger partial charge in [0.1, 0.15) is 18.0 Å². The van der Waals surface area contributed by atoms with Gasteiger partial charge in [-0.1, -0.05) is 0 Å². The van der Waals surface area contributed by atoms with Crippen molar-refractivity contribution in [3.63, 3.8) is 0 Å². The van der Waals surface area contributed by atoms with Gasteiger partial charge in [-0.3, -0.25) is 0 Å². The lowest BCUT2D eigenvalue weighted by atomic mass is 10.2. The highest BCUT2D eigenvalue weighted by atomic mass is 16.5. The van der Waals surface area contributed by atoms with Gasteiger partial charge in [0.05, 0.1) is 6.61 Å². The molecule has 0 amide bonds. The van der Waals surface area contributed by atoms with Crippen LogP contribution in [-0.2, 0) is 4.74 Å². The molecule has 1 aromatic heterocycles. The Labute approximate surface area is 109 Å². The minimum atomic E-state index is 0.514. The van der Waals surface area contributed by atoms with Gasteiger partial charge in [0.2, 0.25) is 0 Å². The molecule has 1 atom stereocenters. The first-order chi connectivity index (χ1) is 8.76. The zero-order valence-electron chi connectivity index (χ0n) is 11.4. The lowest BCUT2D eigenvalue weighted by Gasteiger charge is -2.30. The molecule has 18 heavy (non-hydrogen) atoms. The number of anilines is 2. The second-order valence-electron chi connectivity index (χ2n) is 4.78. The van der Waals surface area contributed by atoms with Crippen molar-refractivity contribution in [1.82, 2.24) is 9.97 Å². The Balaban J connectivity index is 2.14. The summed E-state index contributed by atoms with van der Waals surface area (Å²) in [5.74, 6) is 2.63. The third-order valence-electron chi connectivity index (χ3n) is 3.54. The Morgan fingerprint density at radius 3 is 2.89 bits per heavy atom. The molecule has 2 rings (SSSR count). The van der Waals surface area contributed by atoms with E-state index in [0.717, 1.165) is 30.7 Å². The Kier molecular flexibility index (Phi) is 4.36. The molecule has 0 bridgehead atoms. The normalized spacial score (nSPS) is 16.4. The van der Waals surface area contributed by atoms with Crippen molar-refractivity contribution in [2.24, 2.45) is 5.92 Å². The summed E-state index contributed by atoms with van der Waals surface area (Å²) in [5.41, 5.74) is 0. The van der Waals surface area contributed by atoms with Crippen LogP contribution in [0.1, 0.15) is 19.8 Å². The summed E-state index contributed by atoms with van der Waals surface area (Å²) in [5, 5.41) is 3.05. The molecule has 100 valence electrons. The van der Waals surface area contributed by atoms with Crippen molar-refractivity contribution in [2.75, 3.05) is 37.5 Å². The predicted octanol–water partition coefficient (Wildman–Crippen LogP) is 1.77. The summed E-state index contributed by atoms with van der Waals surface area (Å²) < 4.78 is 5.20. The largest absolute Gasteiger partial charge is 0.383 e. The molecule has 1 saturated carbocycles. The number of rotatable bonds is 7. The Hall–Kier alpha value is -1.36. The summed E-state index contributed by atoms with van der Waals surface area (Å²) in [6, 6.07) is 2.51. The first kappa shape index (κ1) is 13.1. The van der Waals surface area contributed by atoms with Gasteiger partial charge < -0.3 is 15.0 Å². The monoisotopic (exact) mass is 250 g/mol. The molecule has 0 radical (unpaired) electrons. The predicted molar refractivity (Wildman–Crippen MR) is 73.0 cm³/mol. The van der Waals surface area contributed by atoms with Crippen molar-refractivity contribution >= 4 is 11.6 Å². The topological polar surface area (TPSA) is 50.3 Å². The Morgan fingerprint density at radius 2 is 2.28 bits per heavy atom. The molecule has 1 aliphatic carbocycles. The second kappa shape index (κ2) is 6.00. The van der Waals surface area contributed by atoms with Crippen LogP contribution in [0.5, 0.6) is 0 Å². The molecule has 1 unspecified atom stereocenters. The maximum Gasteiger partial charge on any atom is 0.134 e. The molecule has 0 saturated heterocycles. The second-order valence-corrected chi connectivity index (χ2v) is 4.78. The molecule has 5 heteroatoms. The van der Waals surface area contributed by atoms with Crippen LogP contribution in [-0.4, -0.2) is 43.3 Å². The molecule has 1 aromatic rings. The van der Waals surface area contributed by atoms with E-state index in [-0.39, 0.29) is 0 Å². The van der Waals surface area contributed by atoms with E-state index in [9.17, 15) is 0 Å². The fourth-order valence-electron chi connectivity index (χ4n) is 2.19. The summed E-state index contributed by atoms with van der Waals surface area (Å²) in [4.78, 5) is 10.9. The quantitative estimate of drug-likeness (QED) is 0.799. The summed E-state index contributed by atoms with van der Waals surface area (Å²) >= 11 is 0. The Morgan fingerprint density at radius 1 is 1.50 bits per heavy atom. The summed E-state index contributed by atoms with van der Waals surface area (Å²) in [6.45, 7) is 3.86. The molecular formula is C13H22N4O. The highest BCUT2D eigenvalue weighted by Gasteiger charge is 2.32. The number of nitrogens with zero attached hydrogens (tertiary/aromatic N) is 3. The van der Waals surface area contributed by atoms with Crippen molar-refractivity contribution in [3.05, 3.63) is 12.4 Å². The standard InChI is InChI=1S/C13H22N4O/c1-10(11-4-5-11)17(6-7-18-3)13-8-12(14-2)15-9-16-13/h8-11H,4-7H2,1-3H3,(H,14,15,16). The van der Waals surface area contributed by atoms with Gasteiger partial charge in [-0.15, -0.1) is 0 Å². The SMILES string of the molecule is CNc1cc(N(CCOC)C(C)C2CC2)ncn1. The zero-order valence-corrected chi connectivity index (χ0v) is 11.4. The molecule has 0 aromatic carbocycles. The van der Waals surface area contributed by atoms with Gasteiger partial charge in [-0.2, -0.15) is 0 Å². The van der Waals surface area contributed by atoms with Crippen LogP contribution >= 0.6 is 0 Å². The average Bonchev–Trinajstić information content (AvgIpc) is 3.23. The number of hydrogen-bond acceptors (Lipinski definition) is 5. The third kappa shape index (κ3) is 3.10. The smallest absolute Gasteiger partial charge is 0.134 e. The van der Waals surface area contributed by atoms with Crippen LogP contribution in [0, 0.1) is 5.92 Å². The van der Waals surface area contributed by atoms with Crippen molar-refractivity contribution in [1.29, 1.82) is 0 Å². The van der Waals surface area contributed by atoms with Crippen LogP contribution in [0.3, 0.4) is 0 Å². The van der Waals surface area contributed by atoms with Crippen molar-refractivity contribution < 1.29 is 4.74 Å². The molecule has 0 aliphatic heterocycles. The fourth-order valence-corrected chi connectivity index (χ4v) is 2.19. The minimum absolute atomic E-state index is 0.514. The summed E-state index contributed by atoms with van der Waals surface area (Å²) in [6.07, 6.45) is 4.27. The molecule has 1 fully saturated rings. The molecule has 5 nitrogen and oxygen atoms in total. The fraction of sp³-hybridized carbons (Fsp3) is 0.692. The number of ether oxygens (including phenoxy) is 1. The lowest BCUT2D eigenvalue weighted by Crippen LogP contribution is -2.38. The van der Waals surface area contributed by atoms with Gasteiger partial charge in [0.15, 0.2) is 0 Å². The van der Waals surface area contributed by atoms with Crippen LogP contribution in [0.2, 0.25) is 0 Å². The van der Waals surface area contributed by atoms with Gasteiger partial charge in [0.25, 0.3) is 0 Å². The molecule has 0 spiro atoms. The van der Waals surface area contributed by atoms with Crippen LogP contribution in [0.4, 0.5) is 11.6 Å². The number of methoxy groups -OCH3 is 1. The molecule has 1 heterocycles. The molecule has 1 aliphatic rings. The van der Waals surface area contributed by atoms with E-state index in [1.54, 1.807) is 13.4 Å². The summed E-state index contributed by atoms with van der Waals surface area (Å²) in [7, 11) is 3.61. The van der Waals surface area contributed by atoms with Crippen LogP contribution in [0.25, 0.3) is 0 Å². The Bertz CT molecular complexity index is 381. The van der Waals surface area contributed by atoms with E-state index in [1.807, 2.05) is 13.1 Å². The minimum Gasteiger partial charge on any atom is -0.383 e. The van der Waals surface area contributed by atoms with E-state index in [4.69, 9.17) is 4.74 Å². The van der Waals surface area contributed by atoms with Crippen LogP contribution in [0.15, 0.2) is 12.4 Å². The van der Waals surface area contributed by atoms with Gasteiger partial charge >= 0.3 is 0 Å². The van der Waals surface area contributed by atoms with Gasteiger partial charge in [0, 0.05) is 32.8 Å². The van der Waals surface area contributed by atoms with Gasteiger partial charge in [-0.05, 0) is 25.7 Å². The maximum absolute atomic E-state index is 5.20. The van der Waals surface area contributed by atoms with Gasteiger partial charge in [-0.25, -0.2) is 9.97 Å². The average molecular weight is 250 g/mol. The first-order valence-corrected chi connectivity index (χ1v) is 6.51. The molecule has 1 N–H and O–H groups in total. The number of aromatic nitrogens is 2. The number of nitrogens with one attached hydrogen (secondary N) is 1. The molecular weight excluding hydrogens is 228 g/mol. The van der Waals surface area contributed by atoms with E-state index in [2.05, 4.69) is 27.1 Å². The highest BCUT2D eigenvalue weighted by molar-refractivity contribution is 5.49. The lowest BCUT2D eigenvalue weighted by molar-refractivity contribution is 0.202. The maximum atomic E-state index is 5.20. The van der Waals surface area contributed by atoms with E-state index >= 15 is 0 Å². The van der Waals surface area contributed by atoms with E-state index in [0.29, 0.717) is 6.04 Å².